The normalized spacial score (nSPS) is 11.1. The molecule has 0 aliphatic carbocycles. The van der Waals surface area contributed by atoms with Gasteiger partial charge in [-0.2, -0.15) is 5.01 Å². The van der Waals surface area contributed by atoms with E-state index in [9.17, 15) is 9.90 Å². The molecule has 1 heterocycles. The molecule has 6 heteroatoms. The number of aliphatic carboxylic acids is 1. The highest BCUT2D eigenvalue weighted by Crippen LogP contribution is 2.11. The summed E-state index contributed by atoms with van der Waals surface area (Å²) >= 11 is 0. The van der Waals surface area contributed by atoms with Gasteiger partial charge in [0.15, 0.2) is 12.4 Å². The first-order valence-electron chi connectivity index (χ1n) is 7.09. The van der Waals surface area contributed by atoms with Gasteiger partial charge in [0.05, 0.1) is 20.1 Å². The highest BCUT2D eigenvalue weighted by atomic mass is 16.5. The Balaban J connectivity index is 0.000000253. The lowest BCUT2D eigenvalue weighted by molar-refractivity contribution is -0.687. The van der Waals surface area contributed by atoms with Crippen LogP contribution in [0, 0.1) is 0 Å². The first-order chi connectivity index (χ1) is 10.9. The number of hydrogen-bond acceptors (Lipinski definition) is 5. The number of aromatic hydroxyl groups is 1. The van der Waals surface area contributed by atoms with Crippen molar-refractivity contribution in [2.75, 3.05) is 26.2 Å². The third-order valence-corrected chi connectivity index (χ3v) is 3.07. The second-order valence-electron chi connectivity index (χ2n) is 5.02. The lowest BCUT2D eigenvalue weighted by Gasteiger charge is -2.15. The van der Waals surface area contributed by atoms with Gasteiger partial charge in [-0.15, -0.1) is 0 Å². The van der Waals surface area contributed by atoms with Crippen LogP contribution >= 0.6 is 0 Å². The molecule has 0 aliphatic rings. The molecule has 1 N–H and O–H groups in total. The predicted molar refractivity (Wildman–Crippen MR) is 84.3 cm³/mol. The third-order valence-electron chi connectivity index (χ3n) is 3.07. The molecular weight excluding hydrogens is 296 g/mol. The van der Waals surface area contributed by atoms with E-state index in [0.717, 1.165) is 5.56 Å². The molecule has 6 nitrogen and oxygen atoms in total. The fourth-order valence-electron chi connectivity index (χ4n) is 1.77. The maximum Gasteiger partial charge on any atom is 0.199 e. The Bertz CT molecular complexity index is 585. The predicted octanol–water partition coefficient (Wildman–Crippen LogP) is -0.129. The number of carbonyl (C=O) groups is 1. The summed E-state index contributed by atoms with van der Waals surface area (Å²) in [6, 6.07) is 12.3. The van der Waals surface area contributed by atoms with Crippen molar-refractivity contribution in [3.05, 3.63) is 60.4 Å². The summed E-state index contributed by atoms with van der Waals surface area (Å²) in [6.45, 7) is 0. The molecule has 0 spiro atoms. The Kier molecular flexibility index (Phi) is 7.56. The first kappa shape index (κ1) is 18.4. The van der Waals surface area contributed by atoms with E-state index in [-0.39, 0.29) is 12.2 Å². The third kappa shape index (κ3) is 6.80. The van der Waals surface area contributed by atoms with Crippen LogP contribution < -0.4 is 14.8 Å². The molecule has 2 rings (SSSR count). The quantitative estimate of drug-likeness (QED) is 0.777. The fraction of sp³-hybridized carbons (Fsp3) is 0.294. The Morgan fingerprint density at radius 3 is 2.17 bits per heavy atom. The van der Waals surface area contributed by atoms with E-state index in [2.05, 4.69) is 0 Å². The van der Waals surface area contributed by atoms with Gasteiger partial charge in [0.1, 0.15) is 11.9 Å². The van der Waals surface area contributed by atoms with Gasteiger partial charge in [0.25, 0.3) is 0 Å². The van der Waals surface area contributed by atoms with E-state index in [4.69, 9.17) is 9.84 Å². The molecule has 0 radical (unpaired) electrons. The van der Waals surface area contributed by atoms with Crippen LogP contribution in [0.25, 0.3) is 0 Å². The van der Waals surface area contributed by atoms with Crippen molar-refractivity contribution in [3.8, 4) is 5.75 Å². The van der Waals surface area contributed by atoms with Crippen LogP contribution in [0.1, 0.15) is 5.56 Å². The number of hydrogen-bond donors (Lipinski definition) is 1. The Morgan fingerprint density at radius 2 is 1.78 bits per heavy atom. The van der Waals surface area contributed by atoms with Crippen molar-refractivity contribution in [2.45, 2.75) is 12.5 Å². The molecule has 0 saturated carbocycles. The molecule has 0 fully saturated rings. The van der Waals surface area contributed by atoms with Crippen molar-refractivity contribution in [2.24, 2.45) is 0 Å². The van der Waals surface area contributed by atoms with Crippen LogP contribution in [0.3, 0.4) is 0 Å². The van der Waals surface area contributed by atoms with Crippen molar-refractivity contribution in [1.82, 2.24) is 0 Å². The van der Waals surface area contributed by atoms with Gasteiger partial charge in [0, 0.05) is 25.7 Å². The number of benzene rings is 1. The number of carboxylic acids is 1. The van der Waals surface area contributed by atoms with Crippen molar-refractivity contribution >= 4 is 5.97 Å². The number of aromatic nitrogens is 1. The van der Waals surface area contributed by atoms with Crippen LogP contribution in [0.2, 0.25) is 0 Å². The topological polar surface area (TPSA) is 76.7 Å². The number of pyridine rings is 1. The number of carbonyl (C=O) groups excluding carboxylic acids is 1. The second kappa shape index (κ2) is 9.42. The lowest BCUT2D eigenvalue weighted by Crippen LogP contribution is -2.51. The monoisotopic (exact) mass is 318 g/mol. The number of methoxy groups -OCH3 is 1. The Labute approximate surface area is 136 Å². The van der Waals surface area contributed by atoms with Gasteiger partial charge < -0.3 is 19.7 Å². The number of carboxylic acid groups (broad SMARTS) is 1. The van der Waals surface area contributed by atoms with Gasteiger partial charge in [-0.1, -0.05) is 22.9 Å². The summed E-state index contributed by atoms with van der Waals surface area (Å²) in [5.74, 6) is -1.09. The van der Waals surface area contributed by atoms with Gasteiger partial charge in [-0.25, -0.2) is 0 Å². The van der Waals surface area contributed by atoms with Gasteiger partial charge in [0.2, 0.25) is 0 Å². The van der Waals surface area contributed by atoms with E-state index < -0.39 is 12.1 Å². The van der Waals surface area contributed by atoms with Crippen LogP contribution in [-0.4, -0.2) is 38.4 Å². The second-order valence-corrected chi connectivity index (χ2v) is 5.02. The van der Waals surface area contributed by atoms with Crippen LogP contribution in [-0.2, 0) is 16.0 Å². The van der Waals surface area contributed by atoms with Crippen LogP contribution in [0.5, 0.6) is 5.75 Å². The summed E-state index contributed by atoms with van der Waals surface area (Å²) in [5, 5.41) is 21.5. The molecule has 1 atom stereocenters. The average molecular weight is 318 g/mol. The van der Waals surface area contributed by atoms with Gasteiger partial charge in [-0.3, -0.25) is 0 Å². The van der Waals surface area contributed by atoms with E-state index in [0.29, 0.717) is 0 Å². The minimum Gasteiger partial charge on any atom is -0.547 e. The number of ether oxygens (including phenoxy) is 1. The molecule has 2 aromatic rings. The zero-order valence-corrected chi connectivity index (χ0v) is 13.5. The van der Waals surface area contributed by atoms with E-state index >= 15 is 0 Å². The van der Waals surface area contributed by atoms with Crippen molar-refractivity contribution in [1.29, 1.82) is 0 Å². The van der Waals surface area contributed by atoms with Crippen LogP contribution in [0.4, 0.5) is 0 Å². The Hall–Kier alpha value is -2.60. The molecule has 1 aromatic heterocycles. The number of phenolic OH excluding ortho intramolecular Hbond substituents is 1. The molecule has 0 bridgehead atoms. The smallest absolute Gasteiger partial charge is 0.199 e. The SMILES string of the molecule is CN(C)[n+]1ccccc1.COC(Cc1ccc(O)cc1)C(=O)[O-]. The van der Waals surface area contributed by atoms with Crippen molar-refractivity contribution in [3.63, 3.8) is 0 Å². The Morgan fingerprint density at radius 1 is 1.22 bits per heavy atom. The summed E-state index contributed by atoms with van der Waals surface area (Å²) in [6.07, 6.45) is 3.29. The summed E-state index contributed by atoms with van der Waals surface area (Å²) in [5.41, 5.74) is 0.777. The van der Waals surface area contributed by atoms with E-state index in [1.165, 1.54) is 19.2 Å². The highest BCUT2D eigenvalue weighted by Gasteiger charge is 2.08. The zero-order valence-electron chi connectivity index (χ0n) is 13.5. The lowest BCUT2D eigenvalue weighted by atomic mass is 10.1. The number of rotatable bonds is 5. The summed E-state index contributed by atoms with van der Waals surface area (Å²) in [7, 11) is 5.32. The highest BCUT2D eigenvalue weighted by molar-refractivity contribution is 5.70. The minimum absolute atomic E-state index is 0.149. The van der Waals surface area contributed by atoms with E-state index in [1.807, 2.05) is 54.4 Å². The molecule has 0 amide bonds. The summed E-state index contributed by atoms with van der Waals surface area (Å²) < 4.78 is 6.72. The van der Waals surface area contributed by atoms with Gasteiger partial charge >= 0.3 is 0 Å². The molecular formula is C17H22N2O4. The molecule has 1 aromatic carbocycles. The standard InChI is InChI=1S/C10H12O4.C7H11N2/c1-14-9(10(12)13)6-7-2-4-8(11)5-3-7;1-8(2)9-6-4-3-5-7-9/h2-5,9,11H,6H2,1H3,(H,12,13);3-7H,1-2H3/q;+1/p-1. The molecule has 23 heavy (non-hydrogen) atoms. The largest absolute Gasteiger partial charge is 0.547 e. The zero-order chi connectivity index (χ0) is 17.2. The minimum atomic E-state index is -1.24. The molecule has 0 saturated heterocycles. The molecule has 124 valence electrons. The maximum atomic E-state index is 10.5. The van der Waals surface area contributed by atoms with Crippen molar-refractivity contribution < 1.29 is 24.4 Å². The maximum absolute atomic E-state index is 10.5. The van der Waals surface area contributed by atoms with Crippen LogP contribution in [0.15, 0.2) is 54.9 Å². The van der Waals surface area contributed by atoms with E-state index in [1.54, 1.807) is 12.1 Å². The summed E-state index contributed by atoms with van der Waals surface area (Å²) in [4.78, 5) is 10.5. The number of phenols is 1. The van der Waals surface area contributed by atoms with Gasteiger partial charge in [-0.05, 0) is 17.7 Å². The molecule has 1 unspecified atom stereocenters. The average Bonchev–Trinajstić information content (AvgIpc) is 2.55. The first-order valence-corrected chi connectivity index (χ1v) is 7.09. The molecule has 0 aliphatic heterocycles. The number of nitrogens with zero attached hydrogens (tertiary/aromatic N) is 2. The fourth-order valence-corrected chi connectivity index (χ4v) is 1.77.